The van der Waals surface area contributed by atoms with Crippen molar-refractivity contribution < 1.29 is 4.79 Å². The Morgan fingerprint density at radius 1 is 1.64 bits per heavy atom. The van der Waals surface area contributed by atoms with E-state index in [2.05, 4.69) is 12.6 Å². The molecule has 0 fully saturated rings. The summed E-state index contributed by atoms with van der Waals surface area (Å²) in [7, 11) is 0. The molecule has 0 bridgehead atoms. The van der Waals surface area contributed by atoms with Gasteiger partial charge in [0.05, 0.1) is 6.07 Å². The second-order valence-corrected chi connectivity index (χ2v) is 3.14. The molecule has 78 valence electrons. The molecule has 0 heterocycles. The molecule has 3 nitrogen and oxygen atoms in total. The maximum absolute atomic E-state index is 11.7. The summed E-state index contributed by atoms with van der Waals surface area (Å²) in [4.78, 5) is 13.4. The lowest BCUT2D eigenvalue weighted by atomic mass is 10.0. The normalized spacial score (nSPS) is 11.5. The number of nitriles is 1. The van der Waals surface area contributed by atoms with Gasteiger partial charge in [-0.05, 0) is 13.3 Å². The fourth-order valence-corrected chi connectivity index (χ4v) is 1.28. The van der Waals surface area contributed by atoms with Crippen molar-refractivity contribution in [2.75, 3.05) is 13.1 Å². The summed E-state index contributed by atoms with van der Waals surface area (Å²) in [5, 5.41) is 8.82. The molecule has 0 rings (SSSR count). The van der Waals surface area contributed by atoms with Gasteiger partial charge in [0.25, 0.3) is 0 Å². The minimum atomic E-state index is -0.486. The van der Waals surface area contributed by atoms with Crippen LogP contribution in [-0.2, 0) is 4.79 Å². The van der Waals surface area contributed by atoms with Gasteiger partial charge < -0.3 is 4.90 Å². The second-order valence-electron chi connectivity index (χ2n) is 3.14. The number of hydrogen-bond acceptors (Lipinski definition) is 2. The molecule has 0 aromatic heterocycles. The Bertz CT molecular complexity index is 230. The molecule has 14 heavy (non-hydrogen) atoms. The van der Waals surface area contributed by atoms with Crippen molar-refractivity contribution in [2.45, 2.75) is 26.7 Å². The van der Waals surface area contributed by atoms with Gasteiger partial charge >= 0.3 is 0 Å². The van der Waals surface area contributed by atoms with E-state index < -0.39 is 5.92 Å². The van der Waals surface area contributed by atoms with Crippen LogP contribution >= 0.6 is 0 Å². The average Bonchev–Trinajstić information content (AvgIpc) is 2.21. The molecule has 0 radical (unpaired) electrons. The molecule has 1 unspecified atom stereocenters. The molecule has 3 heteroatoms. The minimum Gasteiger partial charge on any atom is -0.338 e. The predicted molar refractivity (Wildman–Crippen MR) is 56.5 cm³/mol. The van der Waals surface area contributed by atoms with Crippen LogP contribution in [0.15, 0.2) is 12.7 Å². The highest BCUT2D eigenvalue weighted by Crippen LogP contribution is 2.09. The van der Waals surface area contributed by atoms with E-state index in [1.165, 1.54) is 0 Å². The number of hydrogen-bond donors (Lipinski definition) is 0. The molecule has 0 saturated heterocycles. The summed E-state index contributed by atoms with van der Waals surface area (Å²) in [6.07, 6.45) is 3.18. The molecule has 1 amide bonds. The van der Waals surface area contributed by atoms with Gasteiger partial charge in [0.15, 0.2) is 0 Å². The summed E-state index contributed by atoms with van der Waals surface area (Å²) >= 11 is 0. The highest BCUT2D eigenvalue weighted by molar-refractivity contribution is 5.81. The number of likely N-dealkylation sites (N-methyl/N-ethyl adjacent to an activating group) is 1. The van der Waals surface area contributed by atoms with Gasteiger partial charge in [0.1, 0.15) is 5.92 Å². The Kier molecular flexibility index (Phi) is 6.47. The first-order valence-electron chi connectivity index (χ1n) is 5.00. The molecule has 0 N–H and O–H groups in total. The lowest BCUT2D eigenvalue weighted by Crippen LogP contribution is -2.35. The first-order chi connectivity index (χ1) is 6.71. The lowest BCUT2D eigenvalue weighted by Gasteiger charge is -2.21. The third-order valence-electron chi connectivity index (χ3n) is 2.07. The van der Waals surface area contributed by atoms with Crippen molar-refractivity contribution in [3.63, 3.8) is 0 Å². The molecular formula is C11H18N2O. The monoisotopic (exact) mass is 194 g/mol. The number of carbonyl (C=O) groups is 1. The van der Waals surface area contributed by atoms with Crippen molar-refractivity contribution >= 4 is 5.91 Å². The summed E-state index contributed by atoms with van der Waals surface area (Å²) in [6, 6.07) is 2.05. The number of rotatable bonds is 6. The molecule has 0 aliphatic carbocycles. The fourth-order valence-electron chi connectivity index (χ4n) is 1.28. The van der Waals surface area contributed by atoms with Crippen molar-refractivity contribution in [1.29, 1.82) is 5.26 Å². The maximum Gasteiger partial charge on any atom is 0.240 e. The SMILES string of the molecule is C=CCN(CC)C(=O)C(C#N)CCC. The smallest absolute Gasteiger partial charge is 0.240 e. The topological polar surface area (TPSA) is 44.1 Å². The molecule has 0 aromatic rings. The van der Waals surface area contributed by atoms with Crippen molar-refractivity contribution in [2.24, 2.45) is 5.92 Å². The van der Waals surface area contributed by atoms with Gasteiger partial charge in [-0.2, -0.15) is 5.26 Å². The van der Waals surface area contributed by atoms with E-state index in [1.54, 1.807) is 11.0 Å². The zero-order valence-corrected chi connectivity index (χ0v) is 8.99. The Balaban J connectivity index is 4.38. The summed E-state index contributed by atoms with van der Waals surface area (Å²) in [5.41, 5.74) is 0. The second kappa shape index (κ2) is 7.14. The summed E-state index contributed by atoms with van der Waals surface area (Å²) in [5.74, 6) is -0.559. The van der Waals surface area contributed by atoms with E-state index in [9.17, 15) is 4.79 Å². The van der Waals surface area contributed by atoms with Crippen LogP contribution in [0.4, 0.5) is 0 Å². The van der Waals surface area contributed by atoms with Crippen LogP contribution < -0.4 is 0 Å². The Hall–Kier alpha value is -1.30. The molecule has 0 aromatic carbocycles. The Morgan fingerprint density at radius 2 is 2.29 bits per heavy atom. The van der Waals surface area contributed by atoms with E-state index in [-0.39, 0.29) is 5.91 Å². The molecule has 0 saturated carbocycles. The van der Waals surface area contributed by atoms with Gasteiger partial charge in [-0.1, -0.05) is 19.4 Å². The highest BCUT2D eigenvalue weighted by atomic mass is 16.2. The zero-order chi connectivity index (χ0) is 11.0. The van der Waals surface area contributed by atoms with Gasteiger partial charge in [-0.15, -0.1) is 6.58 Å². The van der Waals surface area contributed by atoms with E-state index >= 15 is 0 Å². The van der Waals surface area contributed by atoms with Crippen LogP contribution in [0.5, 0.6) is 0 Å². The van der Waals surface area contributed by atoms with Crippen LogP contribution in [0.3, 0.4) is 0 Å². The van der Waals surface area contributed by atoms with Gasteiger partial charge in [-0.3, -0.25) is 4.79 Å². The number of amides is 1. The van der Waals surface area contributed by atoms with E-state index in [1.807, 2.05) is 13.8 Å². The van der Waals surface area contributed by atoms with Gasteiger partial charge in [0.2, 0.25) is 5.91 Å². The fraction of sp³-hybridized carbons (Fsp3) is 0.636. The predicted octanol–water partition coefficient (Wildman–Crippen LogP) is 1.96. The van der Waals surface area contributed by atoms with Crippen molar-refractivity contribution in [3.8, 4) is 6.07 Å². The van der Waals surface area contributed by atoms with Crippen LogP contribution in [0.2, 0.25) is 0 Å². The van der Waals surface area contributed by atoms with Crippen molar-refractivity contribution in [3.05, 3.63) is 12.7 Å². The highest BCUT2D eigenvalue weighted by Gasteiger charge is 2.21. The number of carbonyl (C=O) groups excluding carboxylic acids is 1. The van der Waals surface area contributed by atoms with Crippen LogP contribution in [0.1, 0.15) is 26.7 Å². The minimum absolute atomic E-state index is 0.0725. The molecular weight excluding hydrogens is 176 g/mol. The molecule has 1 atom stereocenters. The van der Waals surface area contributed by atoms with Crippen LogP contribution in [0, 0.1) is 17.2 Å². The van der Waals surface area contributed by atoms with Gasteiger partial charge in [-0.25, -0.2) is 0 Å². The lowest BCUT2D eigenvalue weighted by molar-refractivity contribution is -0.133. The van der Waals surface area contributed by atoms with E-state index in [0.29, 0.717) is 19.5 Å². The quantitative estimate of drug-likeness (QED) is 0.607. The largest absolute Gasteiger partial charge is 0.338 e. The summed E-state index contributed by atoms with van der Waals surface area (Å²) in [6.45, 7) is 8.62. The number of nitrogens with zero attached hydrogens (tertiary/aromatic N) is 2. The molecule has 0 spiro atoms. The van der Waals surface area contributed by atoms with Gasteiger partial charge in [0, 0.05) is 13.1 Å². The standard InChI is InChI=1S/C11H18N2O/c1-4-7-10(9-12)11(14)13(6-3)8-5-2/h5,10H,2,4,6-8H2,1,3H3. The Labute approximate surface area is 86.0 Å². The summed E-state index contributed by atoms with van der Waals surface area (Å²) < 4.78 is 0. The molecule has 0 aliphatic heterocycles. The van der Waals surface area contributed by atoms with E-state index in [4.69, 9.17) is 5.26 Å². The van der Waals surface area contributed by atoms with Crippen molar-refractivity contribution in [1.82, 2.24) is 4.90 Å². The Morgan fingerprint density at radius 3 is 2.64 bits per heavy atom. The average molecular weight is 194 g/mol. The maximum atomic E-state index is 11.7. The zero-order valence-electron chi connectivity index (χ0n) is 8.99. The third-order valence-corrected chi connectivity index (χ3v) is 2.07. The third kappa shape index (κ3) is 3.61. The first-order valence-corrected chi connectivity index (χ1v) is 5.00. The van der Waals surface area contributed by atoms with E-state index in [0.717, 1.165) is 6.42 Å². The van der Waals surface area contributed by atoms with Crippen LogP contribution in [0.25, 0.3) is 0 Å². The van der Waals surface area contributed by atoms with Crippen LogP contribution in [-0.4, -0.2) is 23.9 Å². The first kappa shape index (κ1) is 12.7. The molecule has 0 aliphatic rings.